The second-order valence-corrected chi connectivity index (χ2v) is 5.69. The van der Waals surface area contributed by atoms with Crippen LogP contribution < -0.4 is 5.73 Å². The molecule has 0 amide bonds. The first kappa shape index (κ1) is 12.1. The molecule has 0 spiro atoms. The van der Waals surface area contributed by atoms with E-state index in [0.29, 0.717) is 18.7 Å². The minimum atomic E-state index is -3.06. The smallest absolute Gasteiger partial charge is 0.156 e. The van der Waals surface area contributed by atoms with Crippen LogP contribution in [0.1, 0.15) is 17.7 Å². The van der Waals surface area contributed by atoms with Crippen molar-refractivity contribution in [3.05, 3.63) is 29.6 Å². The number of nitrogens with zero attached hydrogens (tertiary/aromatic N) is 1. The van der Waals surface area contributed by atoms with Crippen LogP contribution in [0.4, 0.5) is 0 Å². The normalized spacial score (nSPS) is 11.6. The van der Waals surface area contributed by atoms with Crippen LogP contribution in [0.3, 0.4) is 0 Å². The highest BCUT2D eigenvalue weighted by molar-refractivity contribution is 7.90. The van der Waals surface area contributed by atoms with Crippen molar-refractivity contribution in [1.82, 2.24) is 4.98 Å². The summed E-state index contributed by atoms with van der Waals surface area (Å²) in [5.41, 5.74) is 6.82. The third-order valence-electron chi connectivity index (χ3n) is 2.13. The highest BCUT2D eigenvalue weighted by Crippen LogP contribution is 2.09. The Morgan fingerprint density at radius 1 is 1.47 bits per heavy atom. The summed E-state index contributed by atoms with van der Waals surface area (Å²) in [4.78, 5) is 4.06. The lowest BCUT2D eigenvalue weighted by Gasteiger charge is -2.05. The third kappa shape index (κ3) is 3.97. The predicted octanol–water partition coefficient (Wildman–Crippen LogP) is 0.654. The van der Waals surface area contributed by atoms with E-state index in [1.54, 1.807) is 12.3 Å². The number of pyridine rings is 1. The second-order valence-electron chi connectivity index (χ2n) is 3.50. The first-order valence-corrected chi connectivity index (χ1v) is 6.68. The summed E-state index contributed by atoms with van der Waals surface area (Å²) in [6, 6.07) is 3.66. The van der Waals surface area contributed by atoms with Gasteiger partial charge < -0.3 is 5.73 Å². The Bertz CT molecular complexity index is 415. The average molecular weight is 228 g/mol. The highest BCUT2D eigenvalue weighted by Gasteiger charge is 2.13. The lowest BCUT2D eigenvalue weighted by Crippen LogP contribution is -2.14. The number of hydrogen-bond acceptors (Lipinski definition) is 4. The Labute approximate surface area is 90.4 Å². The number of aryl methyl sites for hydroxylation is 1. The standard InChI is InChI=1S/C10H16N2O2S/c1-9-4-2-6-12-10(9)8-15(13,14)7-3-5-11/h2,4,6H,3,5,7-8,11H2,1H3. The lowest BCUT2D eigenvalue weighted by molar-refractivity contribution is 0.592. The monoisotopic (exact) mass is 228 g/mol. The van der Waals surface area contributed by atoms with Crippen LogP contribution in [-0.2, 0) is 15.6 Å². The quantitative estimate of drug-likeness (QED) is 0.803. The molecular formula is C10H16N2O2S. The summed E-state index contributed by atoms with van der Waals surface area (Å²) >= 11 is 0. The van der Waals surface area contributed by atoms with Gasteiger partial charge in [-0.25, -0.2) is 8.42 Å². The van der Waals surface area contributed by atoms with E-state index in [9.17, 15) is 8.42 Å². The van der Waals surface area contributed by atoms with Crippen molar-refractivity contribution in [2.75, 3.05) is 12.3 Å². The SMILES string of the molecule is Cc1cccnc1CS(=O)(=O)CCCN. The molecule has 0 aliphatic rings. The van der Waals surface area contributed by atoms with Crippen molar-refractivity contribution in [3.8, 4) is 0 Å². The van der Waals surface area contributed by atoms with E-state index in [2.05, 4.69) is 4.98 Å². The average Bonchev–Trinajstić information content (AvgIpc) is 2.18. The number of rotatable bonds is 5. The van der Waals surface area contributed by atoms with Crippen molar-refractivity contribution in [2.24, 2.45) is 5.73 Å². The predicted molar refractivity (Wildman–Crippen MR) is 60.1 cm³/mol. The molecule has 1 aromatic heterocycles. The van der Waals surface area contributed by atoms with Gasteiger partial charge in [-0.2, -0.15) is 0 Å². The fraction of sp³-hybridized carbons (Fsp3) is 0.500. The van der Waals surface area contributed by atoms with Crippen LogP contribution in [0, 0.1) is 6.92 Å². The zero-order valence-electron chi connectivity index (χ0n) is 8.81. The Hall–Kier alpha value is -0.940. The molecule has 0 unspecified atom stereocenters. The molecule has 0 saturated carbocycles. The number of aromatic nitrogens is 1. The maximum atomic E-state index is 11.6. The zero-order valence-corrected chi connectivity index (χ0v) is 9.63. The molecule has 0 saturated heterocycles. The van der Waals surface area contributed by atoms with Crippen LogP contribution in [-0.4, -0.2) is 25.7 Å². The van der Waals surface area contributed by atoms with Gasteiger partial charge in [0.1, 0.15) is 0 Å². The van der Waals surface area contributed by atoms with Crippen molar-refractivity contribution in [3.63, 3.8) is 0 Å². The maximum absolute atomic E-state index is 11.6. The minimum absolute atomic E-state index is 0.0136. The van der Waals surface area contributed by atoms with E-state index >= 15 is 0 Å². The van der Waals surface area contributed by atoms with E-state index in [-0.39, 0.29) is 11.5 Å². The molecule has 4 nitrogen and oxygen atoms in total. The summed E-state index contributed by atoms with van der Waals surface area (Å²) in [6.07, 6.45) is 2.12. The molecule has 0 aliphatic carbocycles. The Morgan fingerprint density at radius 3 is 2.80 bits per heavy atom. The zero-order chi connectivity index (χ0) is 11.3. The first-order valence-electron chi connectivity index (χ1n) is 4.86. The molecule has 0 aromatic carbocycles. The molecule has 0 fully saturated rings. The van der Waals surface area contributed by atoms with E-state index in [0.717, 1.165) is 5.56 Å². The van der Waals surface area contributed by atoms with Gasteiger partial charge in [0, 0.05) is 6.20 Å². The van der Waals surface area contributed by atoms with Crippen molar-refractivity contribution < 1.29 is 8.42 Å². The van der Waals surface area contributed by atoms with Crippen molar-refractivity contribution in [1.29, 1.82) is 0 Å². The van der Waals surface area contributed by atoms with Crippen LogP contribution in [0.25, 0.3) is 0 Å². The largest absolute Gasteiger partial charge is 0.330 e. The van der Waals surface area contributed by atoms with Crippen LogP contribution >= 0.6 is 0 Å². The van der Waals surface area contributed by atoms with E-state index < -0.39 is 9.84 Å². The van der Waals surface area contributed by atoms with Crippen LogP contribution in [0.15, 0.2) is 18.3 Å². The van der Waals surface area contributed by atoms with E-state index in [1.165, 1.54) is 0 Å². The second kappa shape index (κ2) is 5.23. The lowest BCUT2D eigenvalue weighted by atomic mass is 10.2. The summed E-state index contributed by atoms with van der Waals surface area (Å²) < 4.78 is 23.2. The molecule has 0 atom stereocenters. The molecule has 15 heavy (non-hydrogen) atoms. The van der Waals surface area contributed by atoms with Crippen LogP contribution in [0.2, 0.25) is 0 Å². The Kier molecular flexibility index (Phi) is 4.23. The number of nitrogens with two attached hydrogens (primary N) is 1. The van der Waals surface area contributed by atoms with Gasteiger partial charge >= 0.3 is 0 Å². The molecule has 84 valence electrons. The topological polar surface area (TPSA) is 73.0 Å². The van der Waals surface area contributed by atoms with Gasteiger partial charge in [-0.05, 0) is 31.5 Å². The molecule has 0 aliphatic heterocycles. The van der Waals surface area contributed by atoms with E-state index in [4.69, 9.17) is 5.73 Å². The summed E-state index contributed by atoms with van der Waals surface area (Å²) in [7, 11) is -3.06. The van der Waals surface area contributed by atoms with Crippen molar-refractivity contribution in [2.45, 2.75) is 19.1 Å². The summed E-state index contributed by atoms with van der Waals surface area (Å²) in [5.74, 6) is 0.152. The highest BCUT2D eigenvalue weighted by atomic mass is 32.2. The van der Waals surface area contributed by atoms with Gasteiger partial charge in [0.15, 0.2) is 9.84 Å². The number of hydrogen-bond donors (Lipinski definition) is 1. The number of sulfone groups is 1. The summed E-state index contributed by atoms with van der Waals surface area (Å²) in [6.45, 7) is 2.27. The summed E-state index contributed by atoms with van der Waals surface area (Å²) in [5, 5.41) is 0. The van der Waals surface area contributed by atoms with Gasteiger partial charge in [-0.1, -0.05) is 6.07 Å². The molecule has 1 heterocycles. The van der Waals surface area contributed by atoms with Gasteiger partial charge in [-0.15, -0.1) is 0 Å². The maximum Gasteiger partial charge on any atom is 0.156 e. The molecule has 0 bridgehead atoms. The first-order chi connectivity index (χ1) is 7.05. The van der Waals surface area contributed by atoms with Gasteiger partial charge in [0.25, 0.3) is 0 Å². The van der Waals surface area contributed by atoms with Crippen LogP contribution in [0.5, 0.6) is 0 Å². The van der Waals surface area contributed by atoms with E-state index in [1.807, 2.05) is 13.0 Å². The fourth-order valence-corrected chi connectivity index (χ4v) is 2.72. The molecule has 1 aromatic rings. The molecule has 2 N–H and O–H groups in total. The molecular weight excluding hydrogens is 212 g/mol. The van der Waals surface area contributed by atoms with Crippen molar-refractivity contribution >= 4 is 9.84 Å². The molecule has 0 radical (unpaired) electrons. The molecule has 5 heteroatoms. The Morgan fingerprint density at radius 2 is 2.20 bits per heavy atom. The fourth-order valence-electron chi connectivity index (χ4n) is 1.25. The van der Waals surface area contributed by atoms with Gasteiger partial charge in [-0.3, -0.25) is 4.98 Å². The Balaban J connectivity index is 2.74. The molecule has 1 rings (SSSR count). The van der Waals surface area contributed by atoms with Gasteiger partial charge in [0.05, 0.1) is 17.2 Å². The minimum Gasteiger partial charge on any atom is -0.330 e. The third-order valence-corrected chi connectivity index (χ3v) is 3.76. The van der Waals surface area contributed by atoms with Gasteiger partial charge in [0.2, 0.25) is 0 Å².